The number of anilines is 1. The summed E-state index contributed by atoms with van der Waals surface area (Å²) in [5.74, 6) is -0.895. The molecule has 1 aromatic carbocycles. The summed E-state index contributed by atoms with van der Waals surface area (Å²) in [5, 5.41) is 3.02. The molecule has 2 rings (SSSR count). The van der Waals surface area contributed by atoms with E-state index in [0.29, 0.717) is 15.2 Å². The van der Waals surface area contributed by atoms with Crippen LogP contribution in [-0.2, 0) is 0 Å². The maximum absolute atomic E-state index is 13.7. The van der Waals surface area contributed by atoms with Gasteiger partial charge in [0.1, 0.15) is 11.5 Å². The largest absolute Gasteiger partial charge is 0.339 e. The van der Waals surface area contributed by atoms with E-state index in [0.717, 1.165) is 0 Å². The van der Waals surface area contributed by atoms with Gasteiger partial charge in [-0.2, -0.15) is 0 Å². The second-order valence-electron chi connectivity index (χ2n) is 4.62. The molecule has 0 radical (unpaired) electrons. The van der Waals surface area contributed by atoms with Gasteiger partial charge in [0.15, 0.2) is 0 Å². The monoisotopic (exact) mass is 358 g/mol. The Balaban J connectivity index is 2.28. The average Bonchev–Trinajstić information content (AvgIpc) is 2.75. The fourth-order valence-corrected chi connectivity index (χ4v) is 2.37. The minimum atomic E-state index is -0.499. The van der Waals surface area contributed by atoms with Gasteiger partial charge >= 0.3 is 0 Å². The molecule has 3 nitrogen and oxygen atoms in total. The van der Waals surface area contributed by atoms with Crippen molar-refractivity contribution in [3.05, 3.63) is 51.5 Å². The van der Waals surface area contributed by atoms with Crippen LogP contribution < -0.4 is 5.32 Å². The third-order valence-corrected chi connectivity index (χ3v) is 3.48. The standard InChI is InChI=1S/C14H13BrClFN2O/c1-8(2)19-7-10(16)6-13(19)14(20)18-12-4-3-9(15)5-11(12)17/h3-8H,1-2H3,(H,18,20). The van der Waals surface area contributed by atoms with E-state index >= 15 is 0 Å². The van der Waals surface area contributed by atoms with Crippen molar-refractivity contribution in [2.45, 2.75) is 19.9 Å². The second-order valence-corrected chi connectivity index (χ2v) is 5.97. The zero-order chi connectivity index (χ0) is 14.9. The minimum absolute atomic E-state index is 0.0815. The van der Waals surface area contributed by atoms with Crippen LogP contribution in [0.1, 0.15) is 30.4 Å². The molecular weight excluding hydrogens is 347 g/mol. The molecule has 0 saturated carbocycles. The molecule has 0 aliphatic heterocycles. The molecule has 20 heavy (non-hydrogen) atoms. The summed E-state index contributed by atoms with van der Waals surface area (Å²) in [4.78, 5) is 12.2. The summed E-state index contributed by atoms with van der Waals surface area (Å²) in [5.41, 5.74) is 0.526. The van der Waals surface area contributed by atoms with E-state index in [9.17, 15) is 9.18 Å². The first-order valence-electron chi connectivity index (χ1n) is 6.02. The van der Waals surface area contributed by atoms with Crippen molar-refractivity contribution in [3.63, 3.8) is 0 Å². The number of hydrogen-bond donors (Lipinski definition) is 1. The number of rotatable bonds is 3. The molecule has 106 valence electrons. The number of aromatic nitrogens is 1. The van der Waals surface area contributed by atoms with E-state index in [1.54, 1.807) is 22.9 Å². The summed E-state index contributed by atoms with van der Waals surface area (Å²) in [6.07, 6.45) is 1.68. The zero-order valence-electron chi connectivity index (χ0n) is 11.0. The maximum Gasteiger partial charge on any atom is 0.272 e. The van der Waals surface area contributed by atoms with E-state index < -0.39 is 11.7 Å². The number of hydrogen-bond acceptors (Lipinski definition) is 1. The highest BCUT2D eigenvalue weighted by atomic mass is 79.9. The molecule has 0 unspecified atom stereocenters. The topological polar surface area (TPSA) is 34.0 Å². The lowest BCUT2D eigenvalue weighted by atomic mass is 10.3. The van der Waals surface area contributed by atoms with Crippen LogP contribution in [0, 0.1) is 5.82 Å². The summed E-state index contributed by atoms with van der Waals surface area (Å²) >= 11 is 9.09. The van der Waals surface area contributed by atoms with Crippen LogP contribution in [0.5, 0.6) is 0 Å². The Kier molecular flexibility index (Phi) is 4.50. The van der Waals surface area contributed by atoms with Crippen molar-refractivity contribution in [2.75, 3.05) is 5.32 Å². The molecule has 2 aromatic rings. The van der Waals surface area contributed by atoms with Gasteiger partial charge in [-0.25, -0.2) is 4.39 Å². The van der Waals surface area contributed by atoms with Crippen molar-refractivity contribution in [1.82, 2.24) is 4.57 Å². The first kappa shape index (κ1) is 15.1. The predicted octanol–water partition coefficient (Wildman–Crippen LogP) is 4.88. The van der Waals surface area contributed by atoms with Crippen LogP contribution in [0.4, 0.5) is 10.1 Å². The molecule has 0 bridgehead atoms. The highest BCUT2D eigenvalue weighted by Gasteiger charge is 2.16. The predicted molar refractivity (Wildman–Crippen MR) is 81.9 cm³/mol. The van der Waals surface area contributed by atoms with Crippen molar-refractivity contribution < 1.29 is 9.18 Å². The lowest BCUT2D eigenvalue weighted by molar-refractivity contribution is 0.101. The van der Waals surface area contributed by atoms with Gasteiger partial charge in [0.25, 0.3) is 5.91 Å². The van der Waals surface area contributed by atoms with Gasteiger partial charge in [0, 0.05) is 16.7 Å². The Morgan fingerprint density at radius 2 is 2.10 bits per heavy atom. The summed E-state index contributed by atoms with van der Waals surface area (Å²) in [7, 11) is 0. The third kappa shape index (κ3) is 3.22. The number of benzene rings is 1. The third-order valence-electron chi connectivity index (χ3n) is 2.78. The van der Waals surface area contributed by atoms with E-state index in [1.807, 2.05) is 13.8 Å². The van der Waals surface area contributed by atoms with E-state index in [4.69, 9.17) is 11.6 Å². The van der Waals surface area contributed by atoms with Crippen molar-refractivity contribution in [3.8, 4) is 0 Å². The second kappa shape index (κ2) is 5.97. The number of nitrogens with one attached hydrogen (secondary N) is 1. The van der Waals surface area contributed by atoms with Crippen LogP contribution in [0.15, 0.2) is 34.9 Å². The first-order valence-corrected chi connectivity index (χ1v) is 7.19. The highest BCUT2D eigenvalue weighted by Crippen LogP contribution is 2.22. The van der Waals surface area contributed by atoms with E-state index in [2.05, 4.69) is 21.2 Å². The normalized spacial score (nSPS) is 10.9. The molecule has 0 saturated heterocycles. The molecule has 6 heteroatoms. The van der Waals surface area contributed by atoms with E-state index in [-0.39, 0.29) is 11.7 Å². The Hall–Kier alpha value is -1.33. The van der Waals surface area contributed by atoms with Crippen molar-refractivity contribution in [1.29, 1.82) is 0 Å². The van der Waals surface area contributed by atoms with Crippen LogP contribution >= 0.6 is 27.5 Å². The number of carbonyl (C=O) groups is 1. The van der Waals surface area contributed by atoms with Gasteiger partial charge in [-0.1, -0.05) is 27.5 Å². The van der Waals surface area contributed by atoms with Crippen molar-refractivity contribution in [2.24, 2.45) is 0 Å². The molecule has 0 fully saturated rings. The number of amides is 1. The highest BCUT2D eigenvalue weighted by molar-refractivity contribution is 9.10. The van der Waals surface area contributed by atoms with E-state index in [1.165, 1.54) is 12.1 Å². The Bertz CT molecular complexity index is 655. The molecule has 1 N–H and O–H groups in total. The summed E-state index contributed by atoms with van der Waals surface area (Å²) in [6, 6.07) is 6.10. The lowest BCUT2D eigenvalue weighted by Gasteiger charge is -2.13. The summed E-state index contributed by atoms with van der Waals surface area (Å²) < 4.78 is 16.1. The molecular formula is C14H13BrClFN2O. The van der Waals surface area contributed by atoms with Crippen LogP contribution in [0.25, 0.3) is 0 Å². The molecule has 1 heterocycles. The molecule has 1 amide bonds. The van der Waals surface area contributed by atoms with Gasteiger partial charge in [-0.3, -0.25) is 4.79 Å². The SMILES string of the molecule is CC(C)n1cc(Cl)cc1C(=O)Nc1ccc(Br)cc1F. The van der Waals surface area contributed by atoms with Gasteiger partial charge in [0.05, 0.1) is 10.7 Å². The van der Waals surface area contributed by atoms with Gasteiger partial charge in [-0.05, 0) is 38.1 Å². The Labute approximate surface area is 129 Å². The number of halogens is 3. The van der Waals surface area contributed by atoms with Gasteiger partial charge in [0.2, 0.25) is 0 Å². The molecule has 0 atom stereocenters. The van der Waals surface area contributed by atoms with Crippen LogP contribution in [0.3, 0.4) is 0 Å². The fourth-order valence-electron chi connectivity index (χ4n) is 1.83. The molecule has 0 aliphatic carbocycles. The quantitative estimate of drug-likeness (QED) is 0.833. The average molecular weight is 360 g/mol. The summed E-state index contributed by atoms with van der Waals surface area (Å²) in [6.45, 7) is 3.88. The lowest BCUT2D eigenvalue weighted by Crippen LogP contribution is -2.18. The van der Waals surface area contributed by atoms with Gasteiger partial charge < -0.3 is 9.88 Å². The zero-order valence-corrected chi connectivity index (χ0v) is 13.3. The fraction of sp³-hybridized carbons (Fsp3) is 0.214. The van der Waals surface area contributed by atoms with Crippen LogP contribution in [0.2, 0.25) is 5.02 Å². The molecule has 0 aliphatic rings. The molecule has 1 aromatic heterocycles. The van der Waals surface area contributed by atoms with Crippen molar-refractivity contribution >= 4 is 39.1 Å². The molecule has 0 spiro atoms. The Morgan fingerprint density at radius 3 is 2.70 bits per heavy atom. The van der Waals surface area contributed by atoms with Crippen LogP contribution in [-0.4, -0.2) is 10.5 Å². The first-order chi connectivity index (χ1) is 9.38. The van der Waals surface area contributed by atoms with Gasteiger partial charge in [-0.15, -0.1) is 0 Å². The smallest absolute Gasteiger partial charge is 0.272 e. The number of nitrogens with zero attached hydrogens (tertiary/aromatic N) is 1. The number of carbonyl (C=O) groups excluding carboxylic acids is 1. The minimum Gasteiger partial charge on any atom is -0.339 e. The maximum atomic E-state index is 13.7. The Morgan fingerprint density at radius 1 is 1.40 bits per heavy atom.